The van der Waals surface area contributed by atoms with Gasteiger partial charge in [-0.2, -0.15) is 0 Å². The summed E-state index contributed by atoms with van der Waals surface area (Å²) in [5.74, 6) is 0.354. The number of halogens is 1. The Labute approximate surface area is 144 Å². The number of hydrogen-bond donors (Lipinski definition) is 0. The van der Waals surface area contributed by atoms with E-state index in [0.717, 1.165) is 5.56 Å². The molecule has 0 aromatic heterocycles. The molecule has 0 aliphatic carbocycles. The number of rotatable bonds is 4. The van der Waals surface area contributed by atoms with Crippen molar-refractivity contribution in [1.82, 2.24) is 0 Å². The fraction of sp³-hybridized carbons (Fsp3) is 0.0526. The first-order valence-electron chi connectivity index (χ1n) is 7.25. The SMILES string of the molecule is COc1cccc(C2=N/C(=C/C(Cl)=C/c3ccccc3)C(=O)O2)c1. The monoisotopic (exact) mass is 339 g/mol. The van der Waals surface area contributed by atoms with Crippen LogP contribution in [0.5, 0.6) is 5.75 Å². The maximum absolute atomic E-state index is 12.0. The second-order valence-electron chi connectivity index (χ2n) is 5.01. The van der Waals surface area contributed by atoms with E-state index in [2.05, 4.69) is 4.99 Å². The molecule has 3 rings (SSSR count). The molecule has 0 saturated heterocycles. The van der Waals surface area contributed by atoms with E-state index in [1.54, 1.807) is 37.5 Å². The molecule has 5 heteroatoms. The van der Waals surface area contributed by atoms with Gasteiger partial charge in [0.1, 0.15) is 5.75 Å². The van der Waals surface area contributed by atoms with Gasteiger partial charge in [-0.3, -0.25) is 0 Å². The first-order chi connectivity index (χ1) is 11.7. The second kappa shape index (κ2) is 7.15. The van der Waals surface area contributed by atoms with E-state index >= 15 is 0 Å². The summed E-state index contributed by atoms with van der Waals surface area (Å²) in [6.45, 7) is 0. The zero-order chi connectivity index (χ0) is 16.9. The lowest BCUT2D eigenvalue weighted by atomic mass is 10.2. The summed E-state index contributed by atoms with van der Waals surface area (Å²) in [7, 11) is 1.57. The van der Waals surface area contributed by atoms with Crippen LogP contribution in [-0.2, 0) is 9.53 Å². The van der Waals surface area contributed by atoms with E-state index in [-0.39, 0.29) is 11.6 Å². The van der Waals surface area contributed by atoms with Gasteiger partial charge in [0.15, 0.2) is 5.70 Å². The largest absolute Gasteiger partial charge is 0.497 e. The maximum Gasteiger partial charge on any atom is 0.363 e. The molecule has 0 N–H and O–H groups in total. The zero-order valence-corrected chi connectivity index (χ0v) is 13.7. The Morgan fingerprint density at radius 3 is 2.71 bits per heavy atom. The van der Waals surface area contributed by atoms with Crippen molar-refractivity contribution in [3.05, 3.63) is 82.5 Å². The summed E-state index contributed by atoms with van der Waals surface area (Å²) < 4.78 is 10.4. The van der Waals surface area contributed by atoms with Gasteiger partial charge < -0.3 is 9.47 Å². The van der Waals surface area contributed by atoms with Crippen molar-refractivity contribution in [3.63, 3.8) is 0 Å². The van der Waals surface area contributed by atoms with E-state index in [1.807, 2.05) is 30.3 Å². The van der Waals surface area contributed by atoms with E-state index in [4.69, 9.17) is 21.1 Å². The molecule has 1 heterocycles. The lowest BCUT2D eigenvalue weighted by Crippen LogP contribution is -2.05. The molecule has 0 unspecified atom stereocenters. The Balaban J connectivity index is 1.87. The Morgan fingerprint density at radius 1 is 1.17 bits per heavy atom. The van der Waals surface area contributed by atoms with Crippen molar-refractivity contribution in [1.29, 1.82) is 0 Å². The standard InChI is InChI=1S/C19H14ClNO3/c1-23-16-9-5-8-14(11-16)18-21-17(19(22)24-18)12-15(20)10-13-6-3-2-4-7-13/h2-12H,1H3/b15-10-,17-12+. The smallest absolute Gasteiger partial charge is 0.363 e. The third-order valence-electron chi connectivity index (χ3n) is 3.32. The van der Waals surface area contributed by atoms with Gasteiger partial charge >= 0.3 is 5.97 Å². The molecule has 0 radical (unpaired) electrons. The minimum Gasteiger partial charge on any atom is -0.497 e. The van der Waals surface area contributed by atoms with Gasteiger partial charge in [-0.05, 0) is 35.9 Å². The van der Waals surface area contributed by atoms with Crippen LogP contribution < -0.4 is 4.74 Å². The van der Waals surface area contributed by atoms with Crippen molar-refractivity contribution in [2.45, 2.75) is 0 Å². The quantitative estimate of drug-likeness (QED) is 0.620. The molecule has 2 aromatic carbocycles. The summed E-state index contributed by atoms with van der Waals surface area (Å²) in [5, 5.41) is 0.392. The summed E-state index contributed by atoms with van der Waals surface area (Å²) in [6, 6.07) is 16.7. The first kappa shape index (κ1) is 16.0. The van der Waals surface area contributed by atoms with Gasteiger partial charge in [-0.15, -0.1) is 0 Å². The van der Waals surface area contributed by atoms with E-state index in [9.17, 15) is 4.79 Å². The van der Waals surface area contributed by atoms with E-state index in [1.165, 1.54) is 6.08 Å². The van der Waals surface area contributed by atoms with Crippen LogP contribution >= 0.6 is 11.6 Å². The van der Waals surface area contributed by atoms with Gasteiger partial charge in [0.2, 0.25) is 5.90 Å². The van der Waals surface area contributed by atoms with Crippen LogP contribution in [0.25, 0.3) is 6.08 Å². The molecule has 0 bridgehead atoms. The van der Waals surface area contributed by atoms with Gasteiger partial charge in [-0.25, -0.2) is 9.79 Å². The lowest BCUT2D eigenvalue weighted by Gasteiger charge is -2.02. The van der Waals surface area contributed by atoms with Crippen LogP contribution in [0.1, 0.15) is 11.1 Å². The van der Waals surface area contributed by atoms with Crippen LogP contribution in [0, 0.1) is 0 Å². The highest BCUT2D eigenvalue weighted by molar-refractivity contribution is 6.33. The van der Waals surface area contributed by atoms with Crippen molar-refractivity contribution < 1.29 is 14.3 Å². The number of aliphatic imine (C=N–C) groups is 1. The Bertz CT molecular complexity index is 854. The number of carbonyl (C=O) groups is 1. The summed E-state index contributed by atoms with van der Waals surface area (Å²) in [4.78, 5) is 16.2. The third kappa shape index (κ3) is 3.73. The van der Waals surface area contributed by atoms with Crippen molar-refractivity contribution >= 4 is 29.5 Å². The second-order valence-corrected chi connectivity index (χ2v) is 5.44. The molecule has 4 nitrogen and oxygen atoms in total. The minimum atomic E-state index is -0.535. The Kier molecular flexibility index (Phi) is 4.77. The Morgan fingerprint density at radius 2 is 1.96 bits per heavy atom. The first-order valence-corrected chi connectivity index (χ1v) is 7.63. The zero-order valence-electron chi connectivity index (χ0n) is 12.9. The van der Waals surface area contributed by atoms with Gasteiger partial charge in [-0.1, -0.05) is 48.0 Å². The number of carbonyl (C=O) groups excluding carboxylic acids is 1. The summed E-state index contributed by atoms with van der Waals surface area (Å²) >= 11 is 6.19. The molecular formula is C19H14ClNO3. The van der Waals surface area contributed by atoms with Crippen LogP contribution in [0.2, 0.25) is 0 Å². The molecule has 0 amide bonds. The molecule has 1 aliphatic rings. The predicted molar refractivity (Wildman–Crippen MR) is 94.0 cm³/mol. The Hall–Kier alpha value is -2.85. The third-order valence-corrected chi connectivity index (χ3v) is 3.53. The fourth-order valence-electron chi connectivity index (χ4n) is 2.17. The highest BCUT2D eigenvalue weighted by Gasteiger charge is 2.24. The molecule has 1 aliphatic heterocycles. The van der Waals surface area contributed by atoms with E-state index < -0.39 is 5.97 Å². The predicted octanol–water partition coefficient (Wildman–Crippen LogP) is 4.16. The minimum absolute atomic E-state index is 0.157. The average molecular weight is 340 g/mol. The normalized spacial score (nSPS) is 16.1. The van der Waals surface area contributed by atoms with Crippen LogP contribution in [0.4, 0.5) is 0 Å². The summed E-state index contributed by atoms with van der Waals surface area (Å²) in [5.41, 5.74) is 1.75. The van der Waals surface area contributed by atoms with Gasteiger partial charge in [0.25, 0.3) is 0 Å². The molecule has 24 heavy (non-hydrogen) atoms. The number of methoxy groups -OCH3 is 1. The van der Waals surface area contributed by atoms with Crippen molar-refractivity contribution in [3.8, 4) is 5.75 Å². The van der Waals surface area contributed by atoms with E-state index in [0.29, 0.717) is 16.3 Å². The fourth-order valence-corrected chi connectivity index (χ4v) is 2.40. The maximum atomic E-state index is 12.0. The molecule has 0 saturated carbocycles. The summed E-state index contributed by atoms with van der Waals surface area (Å²) in [6.07, 6.45) is 3.24. The molecule has 0 spiro atoms. The van der Waals surface area contributed by atoms with Crippen molar-refractivity contribution in [2.24, 2.45) is 4.99 Å². The number of hydrogen-bond acceptors (Lipinski definition) is 4. The molecule has 2 aromatic rings. The van der Waals surface area contributed by atoms with Crippen LogP contribution in [0.15, 0.2) is 76.4 Å². The highest BCUT2D eigenvalue weighted by Crippen LogP contribution is 2.22. The number of nitrogens with zero attached hydrogens (tertiary/aromatic N) is 1. The van der Waals surface area contributed by atoms with Gasteiger partial charge in [0, 0.05) is 10.6 Å². The average Bonchev–Trinajstić information content (AvgIpc) is 2.96. The molecular weight excluding hydrogens is 326 g/mol. The lowest BCUT2D eigenvalue weighted by molar-refractivity contribution is -0.130. The van der Waals surface area contributed by atoms with Crippen molar-refractivity contribution in [2.75, 3.05) is 7.11 Å². The van der Waals surface area contributed by atoms with Crippen LogP contribution in [0.3, 0.4) is 0 Å². The molecule has 120 valence electrons. The number of allylic oxidation sites excluding steroid dienone is 2. The number of benzene rings is 2. The highest BCUT2D eigenvalue weighted by atomic mass is 35.5. The molecule has 0 atom stereocenters. The number of esters is 1. The molecule has 0 fully saturated rings. The number of cyclic esters (lactones) is 1. The van der Waals surface area contributed by atoms with Crippen LogP contribution in [-0.4, -0.2) is 19.0 Å². The topological polar surface area (TPSA) is 47.9 Å². The number of ether oxygens (including phenoxy) is 2. The van der Waals surface area contributed by atoms with Gasteiger partial charge in [0.05, 0.1) is 7.11 Å².